The molecule has 0 bridgehead atoms. The Bertz CT molecular complexity index is 500. The van der Waals surface area contributed by atoms with Gasteiger partial charge in [-0.2, -0.15) is 0 Å². The lowest BCUT2D eigenvalue weighted by Crippen LogP contribution is -2.40. The van der Waals surface area contributed by atoms with Crippen LogP contribution >= 0.6 is 0 Å². The Kier molecular flexibility index (Phi) is 5.37. The van der Waals surface area contributed by atoms with Crippen LogP contribution in [0, 0.1) is 0 Å². The number of likely N-dealkylation sites (N-methyl/N-ethyl adjacent to an activating group) is 1. The molecule has 0 aliphatic heterocycles. The van der Waals surface area contributed by atoms with Crippen molar-refractivity contribution >= 4 is 17.5 Å². The number of carbonyl (C=O) groups is 2. The highest BCUT2D eigenvalue weighted by Crippen LogP contribution is 2.19. The fourth-order valence-electron chi connectivity index (χ4n) is 1.74. The van der Waals surface area contributed by atoms with Gasteiger partial charge in [0.15, 0.2) is 0 Å². The molecular formula is C14H21N3O3. The second-order valence-corrected chi connectivity index (χ2v) is 4.88. The van der Waals surface area contributed by atoms with Crippen LogP contribution < -0.4 is 15.8 Å². The molecule has 6 nitrogen and oxygen atoms in total. The zero-order chi connectivity index (χ0) is 15.3. The third kappa shape index (κ3) is 4.46. The van der Waals surface area contributed by atoms with E-state index in [1.807, 2.05) is 13.8 Å². The monoisotopic (exact) mass is 279 g/mol. The minimum absolute atomic E-state index is 0.00583. The summed E-state index contributed by atoms with van der Waals surface area (Å²) in [6, 6.07) is 4.82. The number of nitrogen functional groups attached to an aromatic ring is 1. The van der Waals surface area contributed by atoms with Gasteiger partial charge in [0.2, 0.25) is 5.91 Å². The molecule has 2 amide bonds. The van der Waals surface area contributed by atoms with Crippen molar-refractivity contribution in [2.45, 2.75) is 19.9 Å². The van der Waals surface area contributed by atoms with Gasteiger partial charge in [-0.05, 0) is 26.0 Å². The minimum Gasteiger partial charge on any atom is -0.497 e. The standard InChI is InChI=1S/C14H21N3O3/c1-9(2)16-13(18)8-17(3)14(19)10-5-11(15)7-12(6-10)20-4/h5-7,9H,8,15H2,1-4H3,(H,16,18). The van der Waals surface area contributed by atoms with Crippen LogP contribution in [-0.4, -0.2) is 43.5 Å². The number of methoxy groups -OCH3 is 1. The maximum absolute atomic E-state index is 12.2. The third-order valence-corrected chi connectivity index (χ3v) is 2.59. The second-order valence-electron chi connectivity index (χ2n) is 4.88. The average molecular weight is 279 g/mol. The Morgan fingerprint density at radius 1 is 1.35 bits per heavy atom. The van der Waals surface area contributed by atoms with Crippen molar-refractivity contribution in [3.8, 4) is 5.75 Å². The zero-order valence-corrected chi connectivity index (χ0v) is 12.3. The van der Waals surface area contributed by atoms with Gasteiger partial charge in [-0.3, -0.25) is 9.59 Å². The first-order chi connectivity index (χ1) is 9.33. The van der Waals surface area contributed by atoms with Gasteiger partial charge < -0.3 is 20.7 Å². The Morgan fingerprint density at radius 2 is 2.00 bits per heavy atom. The minimum atomic E-state index is -0.283. The van der Waals surface area contributed by atoms with Crippen LogP contribution in [0.1, 0.15) is 24.2 Å². The van der Waals surface area contributed by atoms with Gasteiger partial charge in [0.25, 0.3) is 5.91 Å². The summed E-state index contributed by atoms with van der Waals surface area (Å²) >= 11 is 0. The van der Waals surface area contributed by atoms with E-state index in [1.54, 1.807) is 25.2 Å². The van der Waals surface area contributed by atoms with E-state index in [4.69, 9.17) is 10.5 Å². The molecule has 1 aromatic carbocycles. The van der Waals surface area contributed by atoms with E-state index in [0.717, 1.165) is 0 Å². The highest BCUT2D eigenvalue weighted by atomic mass is 16.5. The summed E-state index contributed by atoms with van der Waals surface area (Å²) in [5.41, 5.74) is 6.54. The summed E-state index contributed by atoms with van der Waals surface area (Å²) in [4.78, 5) is 25.2. The molecule has 0 fully saturated rings. The number of nitrogens with zero attached hydrogens (tertiary/aromatic N) is 1. The number of rotatable bonds is 5. The quantitative estimate of drug-likeness (QED) is 0.783. The fourth-order valence-corrected chi connectivity index (χ4v) is 1.74. The zero-order valence-electron chi connectivity index (χ0n) is 12.3. The summed E-state index contributed by atoms with van der Waals surface area (Å²) in [5, 5.41) is 2.73. The molecule has 0 aromatic heterocycles. The van der Waals surface area contributed by atoms with Crippen molar-refractivity contribution in [3.63, 3.8) is 0 Å². The van der Waals surface area contributed by atoms with Gasteiger partial charge in [-0.15, -0.1) is 0 Å². The summed E-state index contributed by atoms with van der Waals surface area (Å²) in [5.74, 6) is 0.0228. The van der Waals surface area contributed by atoms with Crippen molar-refractivity contribution in [1.29, 1.82) is 0 Å². The van der Waals surface area contributed by atoms with Crippen molar-refractivity contribution in [2.24, 2.45) is 0 Å². The number of anilines is 1. The lowest BCUT2D eigenvalue weighted by molar-refractivity contribution is -0.122. The number of nitrogens with one attached hydrogen (secondary N) is 1. The Labute approximate surface area is 118 Å². The number of amides is 2. The molecule has 1 rings (SSSR count). The second kappa shape index (κ2) is 6.79. The number of benzene rings is 1. The topological polar surface area (TPSA) is 84.7 Å². The Hall–Kier alpha value is -2.24. The SMILES string of the molecule is COc1cc(N)cc(C(=O)N(C)CC(=O)NC(C)C)c1. The van der Waals surface area contributed by atoms with Crippen LogP contribution in [0.3, 0.4) is 0 Å². The summed E-state index contributed by atoms with van der Waals surface area (Å²) in [7, 11) is 3.07. The molecule has 110 valence electrons. The van der Waals surface area contributed by atoms with E-state index in [-0.39, 0.29) is 24.4 Å². The number of carbonyl (C=O) groups excluding carboxylic acids is 2. The maximum atomic E-state index is 12.2. The van der Waals surface area contributed by atoms with E-state index in [2.05, 4.69) is 5.32 Å². The smallest absolute Gasteiger partial charge is 0.254 e. The predicted octanol–water partition coefficient (Wildman–Crippen LogP) is 0.874. The van der Waals surface area contributed by atoms with Crippen molar-refractivity contribution in [2.75, 3.05) is 26.4 Å². The van der Waals surface area contributed by atoms with Crippen LogP contribution in [0.4, 0.5) is 5.69 Å². The molecule has 1 aromatic rings. The number of hydrogen-bond donors (Lipinski definition) is 2. The molecule has 0 heterocycles. The average Bonchev–Trinajstić information content (AvgIpc) is 2.35. The molecule has 0 aliphatic rings. The molecule has 0 radical (unpaired) electrons. The molecule has 20 heavy (non-hydrogen) atoms. The number of nitrogens with two attached hydrogens (primary N) is 1. The van der Waals surface area contributed by atoms with Gasteiger partial charge in [-0.25, -0.2) is 0 Å². The normalized spacial score (nSPS) is 10.2. The van der Waals surface area contributed by atoms with Gasteiger partial charge in [0.05, 0.1) is 13.7 Å². The highest BCUT2D eigenvalue weighted by molar-refractivity contribution is 5.97. The van der Waals surface area contributed by atoms with E-state index in [1.165, 1.54) is 12.0 Å². The van der Waals surface area contributed by atoms with E-state index in [9.17, 15) is 9.59 Å². The first kappa shape index (κ1) is 15.8. The first-order valence-corrected chi connectivity index (χ1v) is 6.33. The summed E-state index contributed by atoms with van der Waals surface area (Å²) in [6.07, 6.45) is 0. The van der Waals surface area contributed by atoms with Crippen LogP contribution in [0.2, 0.25) is 0 Å². The highest BCUT2D eigenvalue weighted by Gasteiger charge is 2.16. The van der Waals surface area contributed by atoms with Crippen molar-refractivity contribution in [3.05, 3.63) is 23.8 Å². The molecule has 6 heteroatoms. The van der Waals surface area contributed by atoms with E-state index < -0.39 is 0 Å². The van der Waals surface area contributed by atoms with E-state index >= 15 is 0 Å². The number of ether oxygens (including phenoxy) is 1. The molecular weight excluding hydrogens is 258 g/mol. The summed E-state index contributed by atoms with van der Waals surface area (Å²) < 4.78 is 5.07. The third-order valence-electron chi connectivity index (χ3n) is 2.59. The van der Waals surface area contributed by atoms with Crippen LogP contribution in [0.15, 0.2) is 18.2 Å². The van der Waals surface area contributed by atoms with Gasteiger partial charge in [0.1, 0.15) is 5.75 Å². The molecule has 0 saturated heterocycles. The van der Waals surface area contributed by atoms with Crippen molar-refractivity contribution in [1.82, 2.24) is 10.2 Å². The molecule has 0 saturated carbocycles. The molecule has 0 spiro atoms. The fraction of sp³-hybridized carbons (Fsp3) is 0.429. The lowest BCUT2D eigenvalue weighted by atomic mass is 10.1. The van der Waals surface area contributed by atoms with E-state index in [0.29, 0.717) is 17.0 Å². The molecule has 0 atom stereocenters. The lowest BCUT2D eigenvalue weighted by Gasteiger charge is -2.18. The van der Waals surface area contributed by atoms with Crippen LogP contribution in [0.5, 0.6) is 5.75 Å². The van der Waals surface area contributed by atoms with Gasteiger partial charge in [0, 0.05) is 30.4 Å². The Balaban J connectivity index is 2.78. The Morgan fingerprint density at radius 3 is 2.55 bits per heavy atom. The predicted molar refractivity (Wildman–Crippen MR) is 77.6 cm³/mol. The molecule has 0 aliphatic carbocycles. The maximum Gasteiger partial charge on any atom is 0.254 e. The first-order valence-electron chi connectivity index (χ1n) is 6.33. The van der Waals surface area contributed by atoms with Crippen LogP contribution in [-0.2, 0) is 4.79 Å². The number of hydrogen-bond acceptors (Lipinski definition) is 4. The van der Waals surface area contributed by atoms with Gasteiger partial charge >= 0.3 is 0 Å². The van der Waals surface area contributed by atoms with Gasteiger partial charge in [-0.1, -0.05) is 0 Å². The van der Waals surface area contributed by atoms with Crippen LogP contribution in [0.25, 0.3) is 0 Å². The summed E-state index contributed by atoms with van der Waals surface area (Å²) in [6.45, 7) is 3.72. The molecule has 3 N–H and O–H groups in total. The molecule has 0 unspecified atom stereocenters. The van der Waals surface area contributed by atoms with Crippen molar-refractivity contribution < 1.29 is 14.3 Å². The largest absolute Gasteiger partial charge is 0.497 e.